The molecule has 24 heteroatoms. The number of carbonyl (C=O) groups is 6. The first-order chi connectivity index (χ1) is 21.4. The molecule has 2 fully saturated rings. The summed E-state index contributed by atoms with van der Waals surface area (Å²) in [6.07, 6.45) is 1.39. The molecule has 0 bridgehead atoms. The number of β-lactam (4-membered cyclic amide) rings is 1. The largest absolute Gasteiger partial charge is 0.503 e. The van der Waals surface area contributed by atoms with E-state index in [-0.39, 0.29) is 27.5 Å². The fourth-order valence-electron chi connectivity index (χ4n) is 3.97. The number of carbonyl (C=O) groups excluding carboxylic acids is 5. The minimum atomic E-state index is -5.01. The topological polar surface area (TPSA) is 313 Å². The Balaban J connectivity index is 1.46. The normalized spacial score (nSPS) is 19.9. The van der Waals surface area contributed by atoms with E-state index >= 15 is 0 Å². The second-order valence-corrected chi connectivity index (χ2v) is 12.5. The second-order valence-electron chi connectivity index (χ2n) is 10.0. The number of nitrogens with one attached hydrogen (secondary N) is 4. The van der Waals surface area contributed by atoms with Crippen LogP contribution in [0.4, 0.5) is 20.5 Å². The lowest BCUT2D eigenvalue weighted by Crippen LogP contribution is -2.81. The van der Waals surface area contributed by atoms with Gasteiger partial charge in [-0.25, -0.2) is 28.5 Å². The maximum Gasteiger partial charge on any atom is 0.445 e. The van der Waals surface area contributed by atoms with Crippen LogP contribution in [0.1, 0.15) is 24.3 Å². The molecule has 22 nitrogen and oxygen atoms in total. The molecule has 2 aliphatic rings. The van der Waals surface area contributed by atoms with Crippen LogP contribution in [-0.2, 0) is 29.4 Å². The monoisotopic (exact) mass is 685 g/mol. The van der Waals surface area contributed by atoms with Crippen molar-refractivity contribution < 1.29 is 52.2 Å². The molecular weight excluding hydrogens is 660 g/mol. The number of oxime groups is 1. The third-order valence-electron chi connectivity index (χ3n) is 6.51. The molecule has 0 aliphatic carbocycles. The van der Waals surface area contributed by atoms with E-state index in [9.17, 15) is 47.1 Å². The highest BCUT2D eigenvalue weighted by atomic mass is 32.2. The number of anilines is 1. The molecule has 7 amide bonds. The molecule has 8 N–H and O–H groups in total. The Hall–Kier alpha value is -5.62. The molecule has 2 unspecified atom stereocenters. The number of pyridine rings is 1. The number of H-pyrrole nitrogens is 1. The van der Waals surface area contributed by atoms with E-state index in [1.807, 2.05) is 0 Å². The molecule has 2 saturated heterocycles. The van der Waals surface area contributed by atoms with Gasteiger partial charge in [0.05, 0.1) is 18.5 Å². The van der Waals surface area contributed by atoms with Gasteiger partial charge in [0, 0.05) is 12.3 Å². The van der Waals surface area contributed by atoms with E-state index in [0.717, 1.165) is 23.6 Å². The van der Waals surface area contributed by atoms with Gasteiger partial charge in [0.25, 0.3) is 17.6 Å². The highest BCUT2D eigenvalue weighted by Gasteiger charge is 2.65. The molecule has 0 saturated carbocycles. The molecule has 2 atom stereocenters. The van der Waals surface area contributed by atoms with Crippen LogP contribution < -0.4 is 31.1 Å². The summed E-state index contributed by atoms with van der Waals surface area (Å²) in [5.41, 5.74) is 4.72. The van der Waals surface area contributed by atoms with Crippen molar-refractivity contribution in [2.24, 2.45) is 5.16 Å². The summed E-state index contributed by atoms with van der Waals surface area (Å²) in [4.78, 5) is 97.9. The summed E-state index contributed by atoms with van der Waals surface area (Å²) in [7, 11) is -5.01. The smallest absolute Gasteiger partial charge is 0.445 e. The van der Waals surface area contributed by atoms with Gasteiger partial charge in [-0.15, -0.1) is 4.48 Å². The van der Waals surface area contributed by atoms with Crippen LogP contribution in [-0.4, -0.2) is 111 Å². The summed E-state index contributed by atoms with van der Waals surface area (Å²) >= 11 is 0.829. The summed E-state index contributed by atoms with van der Waals surface area (Å²) in [5.74, 6) is -5.40. The Kier molecular flexibility index (Phi) is 8.72. The predicted octanol–water partition coefficient (Wildman–Crippen LogP) is -2.65. The van der Waals surface area contributed by atoms with Crippen LogP contribution in [0, 0.1) is 0 Å². The number of likely N-dealkylation sites (tertiary alicyclic amines) is 1. The van der Waals surface area contributed by atoms with Crippen molar-refractivity contribution in [2.45, 2.75) is 25.5 Å². The number of hydrogen-bond donors (Lipinski definition) is 7. The quantitative estimate of drug-likeness (QED) is 0.0582. The van der Waals surface area contributed by atoms with Gasteiger partial charge >= 0.3 is 34.1 Å². The summed E-state index contributed by atoms with van der Waals surface area (Å²) in [5, 5.41) is 25.6. The number of aromatic hydroxyl groups is 1. The van der Waals surface area contributed by atoms with Gasteiger partial charge < -0.3 is 31.1 Å². The summed E-state index contributed by atoms with van der Waals surface area (Å²) in [6, 6.07) is -3.40. The van der Waals surface area contributed by atoms with Crippen LogP contribution >= 0.6 is 11.3 Å². The average molecular weight is 686 g/mol. The first-order valence-electron chi connectivity index (χ1n) is 12.7. The van der Waals surface area contributed by atoms with Gasteiger partial charge in [0.2, 0.25) is 11.0 Å². The van der Waals surface area contributed by atoms with Crippen molar-refractivity contribution in [1.29, 1.82) is 0 Å². The lowest BCUT2D eigenvalue weighted by molar-refractivity contribution is -0.161. The molecule has 0 aromatic carbocycles. The van der Waals surface area contributed by atoms with E-state index in [2.05, 4.69) is 25.9 Å². The SMILES string of the molecule is CC(C)(ON=CC(=O)NC1C[N+](C(=O)NS(=O)(=O)N2CCN(NC(=O)c3cc(=O)c(O)c[nH]3)C2=O)(c2csc(N)n2)C1=O)C(=O)O. The van der Waals surface area contributed by atoms with Crippen LogP contribution in [0.2, 0.25) is 0 Å². The number of nitrogens with zero attached hydrogens (tertiary/aromatic N) is 5. The highest BCUT2D eigenvalue weighted by molar-refractivity contribution is 7.88. The second kappa shape index (κ2) is 12.1. The third-order valence-corrected chi connectivity index (χ3v) is 8.52. The lowest BCUT2D eigenvalue weighted by atomic mass is 10.0. The van der Waals surface area contributed by atoms with E-state index in [1.165, 1.54) is 19.2 Å². The lowest BCUT2D eigenvalue weighted by Gasteiger charge is -2.41. The zero-order valence-electron chi connectivity index (χ0n) is 23.6. The predicted molar refractivity (Wildman–Crippen MR) is 154 cm³/mol. The number of aromatic amines is 1. The van der Waals surface area contributed by atoms with Crippen LogP contribution in [0.15, 0.2) is 27.6 Å². The molecule has 0 radical (unpaired) electrons. The first-order valence-corrected chi connectivity index (χ1v) is 15.0. The molecule has 4 heterocycles. The Morgan fingerprint density at radius 2 is 1.96 bits per heavy atom. The van der Waals surface area contributed by atoms with Crippen LogP contribution in [0.25, 0.3) is 0 Å². The number of aliphatic carboxylic acids is 1. The van der Waals surface area contributed by atoms with Crippen LogP contribution in [0.3, 0.4) is 0 Å². The minimum absolute atomic E-state index is 0.0788. The molecule has 246 valence electrons. The number of urea groups is 2. The number of quaternary nitrogens is 1. The summed E-state index contributed by atoms with van der Waals surface area (Å²) in [6.45, 7) is 0.854. The van der Waals surface area contributed by atoms with Gasteiger partial charge in [-0.2, -0.15) is 18.1 Å². The van der Waals surface area contributed by atoms with Crippen molar-refractivity contribution in [3.05, 3.63) is 33.6 Å². The van der Waals surface area contributed by atoms with Crippen molar-refractivity contribution >= 4 is 74.5 Å². The molecule has 4 rings (SSSR count). The van der Waals surface area contributed by atoms with Crippen molar-refractivity contribution in [1.82, 2.24) is 39.2 Å². The van der Waals surface area contributed by atoms with Gasteiger partial charge in [0.1, 0.15) is 18.5 Å². The Bertz CT molecular complexity index is 1840. The number of carboxylic acid groups (broad SMARTS) is 1. The third kappa shape index (κ3) is 6.28. The number of rotatable bonds is 10. The highest BCUT2D eigenvalue weighted by Crippen LogP contribution is 2.34. The molecule has 0 spiro atoms. The van der Waals surface area contributed by atoms with E-state index in [1.54, 1.807) is 4.72 Å². The zero-order valence-corrected chi connectivity index (χ0v) is 25.2. The number of carboxylic acids is 1. The number of hydrogen-bond acceptors (Lipinski definition) is 15. The number of aromatic nitrogens is 2. The number of imide groups is 1. The summed E-state index contributed by atoms with van der Waals surface area (Å²) < 4.78 is 26.7. The van der Waals surface area contributed by atoms with E-state index < -0.39 is 86.4 Å². The van der Waals surface area contributed by atoms with Gasteiger partial charge in [-0.3, -0.25) is 19.8 Å². The Morgan fingerprint density at radius 3 is 2.54 bits per heavy atom. The van der Waals surface area contributed by atoms with Gasteiger partial charge in [-0.1, -0.05) is 16.5 Å². The minimum Gasteiger partial charge on any atom is -0.503 e. The number of nitrogens with two attached hydrogens (primary N) is 1. The van der Waals surface area contributed by atoms with E-state index in [0.29, 0.717) is 11.2 Å². The Labute approximate surface area is 261 Å². The first kappa shape index (κ1) is 33.3. The van der Waals surface area contributed by atoms with Crippen LogP contribution in [0.5, 0.6) is 5.75 Å². The van der Waals surface area contributed by atoms with Gasteiger partial charge in [0.15, 0.2) is 16.9 Å². The molecule has 2 aromatic rings. The molecular formula is C22H25N10O12S2+. The Morgan fingerprint density at radius 1 is 1.26 bits per heavy atom. The maximum atomic E-state index is 13.4. The fraction of sp³-hybridized carbons (Fsp3) is 0.318. The van der Waals surface area contributed by atoms with E-state index in [4.69, 9.17) is 15.7 Å². The number of hydrazine groups is 1. The molecule has 2 aromatic heterocycles. The van der Waals surface area contributed by atoms with Crippen molar-refractivity contribution in [2.75, 3.05) is 25.4 Å². The molecule has 2 aliphatic heterocycles. The zero-order chi connectivity index (χ0) is 34.2. The number of nitrogen functional groups attached to an aromatic ring is 1. The van der Waals surface area contributed by atoms with Crippen molar-refractivity contribution in [3.63, 3.8) is 0 Å². The standard InChI is InChI=1S/C22H24N10O12S2/c1-22(2,18(38)39)44-25-7-15(35)26-11-8-32(17(11)37,14-9-45-19(23)27-14)20(40)29-46(42,43)31-4-3-30(21(31)41)28-16(36)10-5-12(33)13(34)6-24-10/h5-7,9,11H,3-4,8H2,1-2H3,(H7-,23,24,25,26,27,28,29,33,34,35,36,38,39,40)/p+1. The fourth-order valence-corrected chi connectivity index (χ4v) is 5.69. The number of amides is 7. The average Bonchev–Trinajstić information content (AvgIpc) is 3.56. The molecule has 46 heavy (non-hydrogen) atoms. The number of thiazole rings is 1. The van der Waals surface area contributed by atoms with Crippen molar-refractivity contribution in [3.8, 4) is 5.75 Å². The van der Waals surface area contributed by atoms with Gasteiger partial charge in [-0.05, 0) is 13.8 Å². The maximum absolute atomic E-state index is 13.4.